The molecule has 0 bridgehead atoms. The molecule has 3 aliphatic rings. The van der Waals surface area contributed by atoms with Crippen molar-refractivity contribution in [3.8, 4) is 56.4 Å². The van der Waals surface area contributed by atoms with Crippen LogP contribution in [-0.2, 0) is 11.8 Å². The molecule has 2 atom stereocenters. The second kappa shape index (κ2) is 25.1. The standard InChI is InChI=1S/C29H24O2.C15H14.C14H14.C3H8.2C2H6/c1-4-18-9-5-6-10-20(18)19-13-15-24-26(17-19)30-25-16-14-23-27(28(25)31-24)21-11-7-8-12-22(21)29(23,2)3;1-12(2)14-9-6-10-15(11-14)13-7-4-3-5-8-13;1-2-12-7-6-10-14(11-12)13-8-4-3-5-9-13;1-3-2;2*1-2/h4-17,21-22H,1H2,2-3H3;3-11H,1H2,2H3;3-11H,2H2,1H3;3H2,1-2H3;2*1-2H3. The molecule has 0 saturated carbocycles. The molecule has 1 heterocycles. The van der Waals surface area contributed by atoms with Gasteiger partial charge in [0.1, 0.15) is 0 Å². The van der Waals surface area contributed by atoms with Gasteiger partial charge in [0.2, 0.25) is 0 Å². The maximum Gasteiger partial charge on any atom is 0.174 e. The zero-order chi connectivity index (χ0) is 48.3. The van der Waals surface area contributed by atoms with E-state index in [1.165, 1.54) is 50.9 Å². The molecule has 10 rings (SSSR count). The van der Waals surface area contributed by atoms with Crippen molar-refractivity contribution in [1.82, 2.24) is 0 Å². The van der Waals surface area contributed by atoms with Gasteiger partial charge in [-0.2, -0.15) is 0 Å². The summed E-state index contributed by atoms with van der Waals surface area (Å²) in [6.07, 6.45) is 13.2. The lowest BCUT2D eigenvalue weighted by Crippen LogP contribution is -2.24. The Morgan fingerprint density at radius 3 is 1.76 bits per heavy atom. The Bertz CT molecular complexity index is 2730. The molecular formula is C65H72O2. The van der Waals surface area contributed by atoms with Gasteiger partial charge in [-0.25, -0.2) is 0 Å². The summed E-state index contributed by atoms with van der Waals surface area (Å²) in [6.45, 7) is 29.0. The van der Waals surface area contributed by atoms with E-state index in [1.807, 2.05) is 71.0 Å². The normalized spacial score (nSPS) is 14.6. The summed E-state index contributed by atoms with van der Waals surface area (Å²) in [5.41, 5.74) is 14.8. The van der Waals surface area contributed by atoms with Gasteiger partial charge in [-0.15, -0.1) is 0 Å². The van der Waals surface area contributed by atoms with Crippen LogP contribution in [0.1, 0.15) is 109 Å². The van der Waals surface area contributed by atoms with E-state index in [-0.39, 0.29) is 5.41 Å². The molecule has 0 N–H and O–H groups in total. The van der Waals surface area contributed by atoms with Crippen molar-refractivity contribution < 1.29 is 9.47 Å². The number of rotatable bonds is 6. The number of benzene rings is 7. The largest absolute Gasteiger partial charge is 0.449 e. The van der Waals surface area contributed by atoms with Crippen molar-refractivity contribution in [2.45, 2.75) is 93.4 Å². The average Bonchev–Trinajstić information content (AvgIpc) is 3.63. The first kappa shape index (κ1) is 51.1. The number of aryl methyl sites for hydroxylation is 1. The fourth-order valence-corrected chi connectivity index (χ4v) is 8.61. The number of fused-ring (bicyclic) bond motifs is 6. The van der Waals surface area contributed by atoms with Gasteiger partial charge >= 0.3 is 0 Å². The molecule has 0 aromatic heterocycles. The van der Waals surface area contributed by atoms with Crippen LogP contribution in [0.4, 0.5) is 0 Å². The van der Waals surface area contributed by atoms with Gasteiger partial charge in [-0.1, -0.05) is 257 Å². The first-order valence-electron chi connectivity index (χ1n) is 24.4. The lowest BCUT2D eigenvalue weighted by atomic mass is 9.74. The highest BCUT2D eigenvalue weighted by Gasteiger charge is 2.47. The summed E-state index contributed by atoms with van der Waals surface area (Å²) < 4.78 is 12.9. The Balaban J connectivity index is 0.000000196. The van der Waals surface area contributed by atoms with E-state index in [0.29, 0.717) is 11.8 Å². The van der Waals surface area contributed by atoms with Gasteiger partial charge in [0.05, 0.1) is 0 Å². The van der Waals surface area contributed by atoms with Crippen LogP contribution in [-0.4, -0.2) is 0 Å². The Labute approximate surface area is 404 Å². The van der Waals surface area contributed by atoms with Gasteiger partial charge in [0, 0.05) is 11.5 Å². The summed E-state index contributed by atoms with van der Waals surface area (Å²) in [6, 6.07) is 56.8. The van der Waals surface area contributed by atoms with Crippen molar-refractivity contribution in [1.29, 1.82) is 0 Å². The summed E-state index contributed by atoms with van der Waals surface area (Å²) in [5, 5.41) is 0. The third kappa shape index (κ3) is 12.3. The average molecular weight is 885 g/mol. The molecule has 67 heavy (non-hydrogen) atoms. The minimum absolute atomic E-state index is 0.0538. The molecule has 0 spiro atoms. The van der Waals surface area contributed by atoms with Gasteiger partial charge in [0.25, 0.3) is 0 Å². The topological polar surface area (TPSA) is 18.5 Å². The minimum atomic E-state index is 0.0538. The number of ether oxygens (including phenoxy) is 2. The van der Waals surface area contributed by atoms with E-state index in [1.54, 1.807) is 0 Å². The SMILES string of the molecule is C=C(C)c1cccc(-c2ccccc2)c1.C=Cc1ccccc1-c1ccc2c(c1)Oc1ccc3c(c1O2)C1C=CC=CC1C3(C)C.CC.CC.CCC.CCc1cccc(-c2ccccc2)c1. The maximum atomic E-state index is 6.51. The van der Waals surface area contributed by atoms with Crippen molar-refractivity contribution in [2.24, 2.45) is 5.92 Å². The van der Waals surface area contributed by atoms with E-state index in [9.17, 15) is 0 Å². The molecular weight excluding hydrogens is 813 g/mol. The lowest BCUT2D eigenvalue weighted by molar-refractivity contribution is 0.354. The summed E-state index contributed by atoms with van der Waals surface area (Å²) >= 11 is 0. The summed E-state index contributed by atoms with van der Waals surface area (Å²) in [4.78, 5) is 0. The van der Waals surface area contributed by atoms with Crippen molar-refractivity contribution in [3.05, 3.63) is 229 Å². The first-order chi connectivity index (χ1) is 32.7. The van der Waals surface area contributed by atoms with Crippen LogP contribution < -0.4 is 9.47 Å². The highest BCUT2D eigenvalue weighted by molar-refractivity contribution is 5.77. The zero-order valence-electron chi connectivity index (χ0n) is 41.8. The molecule has 344 valence electrons. The molecule has 7 aromatic rings. The van der Waals surface area contributed by atoms with E-state index < -0.39 is 0 Å². The van der Waals surface area contributed by atoms with E-state index in [0.717, 1.165) is 51.7 Å². The highest BCUT2D eigenvalue weighted by atomic mass is 16.6. The van der Waals surface area contributed by atoms with Crippen LogP contribution in [0.2, 0.25) is 0 Å². The third-order valence-electron chi connectivity index (χ3n) is 11.9. The van der Waals surface area contributed by atoms with Gasteiger partial charge in [0.15, 0.2) is 23.0 Å². The molecule has 0 radical (unpaired) electrons. The Morgan fingerprint density at radius 1 is 0.567 bits per heavy atom. The first-order valence-corrected chi connectivity index (χ1v) is 24.4. The Hall–Kier alpha value is -6.90. The number of hydrogen-bond donors (Lipinski definition) is 0. The van der Waals surface area contributed by atoms with Crippen molar-refractivity contribution in [3.63, 3.8) is 0 Å². The summed E-state index contributed by atoms with van der Waals surface area (Å²) in [5.74, 6) is 3.91. The maximum absolute atomic E-state index is 6.51. The molecule has 0 amide bonds. The smallest absolute Gasteiger partial charge is 0.174 e. The Morgan fingerprint density at radius 2 is 1.13 bits per heavy atom. The third-order valence-corrected chi connectivity index (χ3v) is 11.9. The second-order valence-electron chi connectivity index (χ2n) is 16.9. The Kier molecular flexibility index (Phi) is 19.2. The lowest BCUT2D eigenvalue weighted by Gasteiger charge is -2.29. The van der Waals surface area contributed by atoms with Crippen LogP contribution >= 0.6 is 0 Å². The summed E-state index contributed by atoms with van der Waals surface area (Å²) in [7, 11) is 0. The van der Waals surface area contributed by atoms with Gasteiger partial charge in [-0.05, 0) is 105 Å². The molecule has 2 heteroatoms. The van der Waals surface area contributed by atoms with E-state index in [4.69, 9.17) is 9.47 Å². The van der Waals surface area contributed by atoms with Crippen LogP contribution in [0.15, 0.2) is 201 Å². The molecule has 7 aromatic carbocycles. The highest BCUT2D eigenvalue weighted by Crippen LogP contribution is 2.60. The van der Waals surface area contributed by atoms with Crippen molar-refractivity contribution >= 4 is 11.6 Å². The van der Waals surface area contributed by atoms with Crippen LogP contribution in [0, 0.1) is 5.92 Å². The molecule has 1 aliphatic heterocycles. The van der Waals surface area contributed by atoms with Crippen LogP contribution in [0.5, 0.6) is 23.0 Å². The predicted octanol–water partition coefficient (Wildman–Crippen LogP) is 19.8. The van der Waals surface area contributed by atoms with Crippen molar-refractivity contribution in [2.75, 3.05) is 0 Å². The predicted molar refractivity (Wildman–Crippen MR) is 293 cm³/mol. The molecule has 0 saturated heterocycles. The molecule has 2 unspecified atom stereocenters. The molecule has 0 fully saturated rings. The monoisotopic (exact) mass is 885 g/mol. The zero-order valence-corrected chi connectivity index (χ0v) is 41.8. The second-order valence-corrected chi connectivity index (χ2v) is 16.9. The van der Waals surface area contributed by atoms with Crippen LogP contribution in [0.25, 0.3) is 45.0 Å². The molecule has 2 nitrogen and oxygen atoms in total. The number of hydrogen-bond acceptors (Lipinski definition) is 2. The fraction of sp³-hybridized carbons (Fsp3) is 0.231. The minimum Gasteiger partial charge on any atom is -0.449 e. The van der Waals surface area contributed by atoms with Crippen LogP contribution in [0.3, 0.4) is 0 Å². The van der Waals surface area contributed by atoms with Gasteiger partial charge < -0.3 is 9.47 Å². The van der Waals surface area contributed by atoms with E-state index >= 15 is 0 Å². The fourth-order valence-electron chi connectivity index (χ4n) is 8.61. The van der Waals surface area contributed by atoms with E-state index in [2.05, 4.69) is 206 Å². The van der Waals surface area contributed by atoms with Gasteiger partial charge in [-0.3, -0.25) is 0 Å². The quantitative estimate of drug-likeness (QED) is 0.166. The number of allylic oxidation sites excluding steroid dienone is 5. The molecule has 2 aliphatic carbocycles.